The maximum Gasteiger partial charge on any atom is 0.228 e. The molecule has 1 aromatic carbocycles. The van der Waals surface area contributed by atoms with Crippen LogP contribution in [0.1, 0.15) is 67.7 Å². The van der Waals surface area contributed by atoms with Crippen LogP contribution in [0, 0.1) is 6.92 Å². The van der Waals surface area contributed by atoms with Gasteiger partial charge in [0.25, 0.3) is 0 Å². The molecule has 6 heteroatoms. The molecule has 1 atom stereocenters. The fourth-order valence-electron chi connectivity index (χ4n) is 4.57. The van der Waals surface area contributed by atoms with Crippen LogP contribution in [0.4, 0.5) is 5.82 Å². The molecule has 3 heterocycles. The minimum atomic E-state index is -0.0943. The Labute approximate surface area is 178 Å². The molecule has 6 nitrogen and oxygen atoms in total. The number of aromatic nitrogens is 2. The van der Waals surface area contributed by atoms with Crippen LogP contribution in [-0.4, -0.2) is 39.8 Å². The molecule has 0 aliphatic carbocycles. The first-order valence-electron chi connectivity index (χ1n) is 11.1. The summed E-state index contributed by atoms with van der Waals surface area (Å²) in [7, 11) is 0. The zero-order chi connectivity index (χ0) is 21.1. The lowest BCUT2D eigenvalue weighted by atomic mass is 9.99. The van der Waals surface area contributed by atoms with Crippen molar-refractivity contribution in [3.63, 3.8) is 0 Å². The molecule has 2 aliphatic heterocycles. The van der Waals surface area contributed by atoms with Crippen molar-refractivity contribution in [3.8, 4) is 0 Å². The Morgan fingerprint density at radius 3 is 2.70 bits per heavy atom. The van der Waals surface area contributed by atoms with Crippen molar-refractivity contribution in [2.45, 2.75) is 64.8 Å². The fraction of sp³-hybridized carbons (Fsp3) is 0.500. The molecule has 2 aliphatic rings. The summed E-state index contributed by atoms with van der Waals surface area (Å²) in [6.45, 7) is 5.27. The lowest BCUT2D eigenvalue weighted by Gasteiger charge is -2.36. The van der Waals surface area contributed by atoms with E-state index in [1.807, 2.05) is 41.8 Å². The number of nitrogens with zero attached hydrogens (tertiary/aromatic N) is 4. The van der Waals surface area contributed by atoms with E-state index < -0.39 is 0 Å². The quantitative estimate of drug-likeness (QED) is 0.758. The number of aryl methyl sites for hydroxylation is 1. The number of piperidine rings is 1. The summed E-state index contributed by atoms with van der Waals surface area (Å²) in [4.78, 5) is 38.8. The molecule has 0 bridgehead atoms. The SMILES string of the molecule is CCC(=O)N1CCCCC1c1nc(C)c2c(n1)N(CCc1ccccc1)C(=O)CC2. The largest absolute Gasteiger partial charge is 0.332 e. The fourth-order valence-corrected chi connectivity index (χ4v) is 4.57. The average Bonchev–Trinajstić information content (AvgIpc) is 2.78. The first kappa shape index (κ1) is 20.5. The standard InChI is InChI=1S/C24H30N4O2/c1-3-21(29)27-15-8-7-11-20(27)23-25-17(2)19-12-13-22(30)28(24(19)26-23)16-14-18-9-5-4-6-10-18/h4-6,9-10,20H,3,7-8,11-16H2,1-2H3. The summed E-state index contributed by atoms with van der Waals surface area (Å²) >= 11 is 0. The zero-order valence-corrected chi connectivity index (χ0v) is 17.9. The highest BCUT2D eigenvalue weighted by Crippen LogP contribution is 2.34. The third-order valence-corrected chi connectivity index (χ3v) is 6.25. The summed E-state index contributed by atoms with van der Waals surface area (Å²) in [5.74, 6) is 1.70. The number of benzene rings is 1. The number of anilines is 1. The smallest absolute Gasteiger partial charge is 0.228 e. The van der Waals surface area contributed by atoms with Gasteiger partial charge in [-0.25, -0.2) is 9.97 Å². The van der Waals surface area contributed by atoms with Crippen LogP contribution >= 0.6 is 0 Å². The van der Waals surface area contributed by atoms with E-state index in [4.69, 9.17) is 9.97 Å². The minimum absolute atomic E-state index is 0.0943. The summed E-state index contributed by atoms with van der Waals surface area (Å²) < 4.78 is 0. The van der Waals surface area contributed by atoms with Crippen LogP contribution in [0.25, 0.3) is 0 Å². The Morgan fingerprint density at radius 2 is 1.93 bits per heavy atom. The Morgan fingerprint density at radius 1 is 1.13 bits per heavy atom. The molecule has 0 N–H and O–H groups in total. The van der Waals surface area contributed by atoms with Gasteiger partial charge in [-0.05, 0) is 44.6 Å². The Hall–Kier alpha value is -2.76. The molecule has 1 unspecified atom stereocenters. The van der Waals surface area contributed by atoms with Crippen LogP contribution in [0.15, 0.2) is 30.3 Å². The molecule has 4 rings (SSSR count). The lowest BCUT2D eigenvalue weighted by Crippen LogP contribution is -2.41. The maximum absolute atomic E-state index is 12.8. The number of carbonyl (C=O) groups is 2. The molecule has 2 amide bonds. The summed E-state index contributed by atoms with van der Waals surface area (Å²) in [6, 6.07) is 10.1. The van der Waals surface area contributed by atoms with Crippen molar-refractivity contribution in [3.05, 3.63) is 53.0 Å². The van der Waals surface area contributed by atoms with E-state index in [9.17, 15) is 9.59 Å². The van der Waals surface area contributed by atoms with Gasteiger partial charge in [-0.15, -0.1) is 0 Å². The van der Waals surface area contributed by atoms with Gasteiger partial charge in [0, 0.05) is 37.2 Å². The second kappa shape index (κ2) is 8.94. The number of hydrogen-bond donors (Lipinski definition) is 0. The topological polar surface area (TPSA) is 66.4 Å². The first-order valence-corrected chi connectivity index (χ1v) is 11.1. The average molecular weight is 407 g/mol. The Bertz CT molecular complexity index is 928. The van der Waals surface area contributed by atoms with Crippen LogP contribution in [-0.2, 0) is 22.4 Å². The molecule has 0 radical (unpaired) electrons. The zero-order valence-electron chi connectivity index (χ0n) is 17.9. The molecular formula is C24H30N4O2. The van der Waals surface area contributed by atoms with Gasteiger partial charge >= 0.3 is 0 Å². The van der Waals surface area contributed by atoms with Crippen molar-refractivity contribution >= 4 is 17.6 Å². The van der Waals surface area contributed by atoms with Crippen molar-refractivity contribution in [2.75, 3.05) is 18.0 Å². The van der Waals surface area contributed by atoms with E-state index in [0.29, 0.717) is 31.6 Å². The maximum atomic E-state index is 12.8. The highest BCUT2D eigenvalue weighted by atomic mass is 16.2. The second-order valence-corrected chi connectivity index (χ2v) is 8.20. The molecule has 2 aromatic rings. The van der Waals surface area contributed by atoms with Crippen molar-refractivity contribution in [2.24, 2.45) is 0 Å². The number of rotatable bonds is 5. The van der Waals surface area contributed by atoms with Gasteiger partial charge in [0.05, 0.1) is 6.04 Å². The molecule has 30 heavy (non-hydrogen) atoms. The second-order valence-electron chi connectivity index (χ2n) is 8.20. The molecule has 158 valence electrons. The van der Waals surface area contributed by atoms with Gasteiger partial charge in [-0.1, -0.05) is 37.3 Å². The van der Waals surface area contributed by atoms with Gasteiger partial charge in [0.15, 0.2) is 5.82 Å². The van der Waals surface area contributed by atoms with Gasteiger partial charge in [-0.3, -0.25) is 14.5 Å². The van der Waals surface area contributed by atoms with Crippen LogP contribution in [0.3, 0.4) is 0 Å². The number of hydrogen-bond acceptors (Lipinski definition) is 4. The molecule has 1 fully saturated rings. The van der Waals surface area contributed by atoms with Gasteiger partial charge in [-0.2, -0.15) is 0 Å². The van der Waals surface area contributed by atoms with Crippen molar-refractivity contribution in [1.82, 2.24) is 14.9 Å². The predicted molar refractivity (Wildman–Crippen MR) is 116 cm³/mol. The molecule has 0 spiro atoms. The first-order chi connectivity index (χ1) is 14.6. The normalized spacial score (nSPS) is 19.0. The van der Waals surface area contributed by atoms with Crippen molar-refractivity contribution in [1.29, 1.82) is 0 Å². The Kier molecular flexibility index (Phi) is 6.11. The number of fused-ring (bicyclic) bond motifs is 1. The van der Waals surface area contributed by atoms with Crippen LogP contribution < -0.4 is 4.90 Å². The van der Waals surface area contributed by atoms with Crippen LogP contribution in [0.2, 0.25) is 0 Å². The van der Waals surface area contributed by atoms with Crippen molar-refractivity contribution < 1.29 is 9.59 Å². The van der Waals surface area contributed by atoms with Crippen LogP contribution in [0.5, 0.6) is 0 Å². The molecule has 1 saturated heterocycles. The number of amides is 2. The van der Waals surface area contributed by atoms with E-state index in [-0.39, 0.29) is 17.9 Å². The Balaban J connectivity index is 1.66. The summed E-state index contributed by atoms with van der Waals surface area (Å²) in [5.41, 5.74) is 3.20. The minimum Gasteiger partial charge on any atom is -0.332 e. The molecule has 0 saturated carbocycles. The number of likely N-dealkylation sites (tertiary alicyclic amines) is 1. The number of carbonyl (C=O) groups excluding carboxylic acids is 2. The summed E-state index contributed by atoms with van der Waals surface area (Å²) in [5, 5.41) is 0. The van der Waals surface area contributed by atoms with E-state index in [1.165, 1.54) is 5.56 Å². The lowest BCUT2D eigenvalue weighted by molar-refractivity contribution is -0.135. The highest BCUT2D eigenvalue weighted by Gasteiger charge is 2.33. The highest BCUT2D eigenvalue weighted by molar-refractivity contribution is 5.95. The summed E-state index contributed by atoms with van der Waals surface area (Å²) in [6.07, 6.45) is 5.42. The van der Waals surface area contributed by atoms with E-state index >= 15 is 0 Å². The third-order valence-electron chi connectivity index (χ3n) is 6.25. The molecule has 1 aromatic heterocycles. The van der Waals surface area contributed by atoms with Gasteiger partial charge < -0.3 is 4.90 Å². The monoisotopic (exact) mass is 406 g/mol. The third kappa shape index (κ3) is 4.09. The van der Waals surface area contributed by atoms with Gasteiger partial charge in [0.1, 0.15) is 5.82 Å². The molecular weight excluding hydrogens is 376 g/mol. The predicted octanol–water partition coefficient (Wildman–Crippen LogP) is 3.77. The van der Waals surface area contributed by atoms with E-state index in [0.717, 1.165) is 49.3 Å². The van der Waals surface area contributed by atoms with Gasteiger partial charge in [0.2, 0.25) is 11.8 Å². The van der Waals surface area contributed by atoms with E-state index in [1.54, 1.807) is 0 Å². The van der Waals surface area contributed by atoms with E-state index in [2.05, 4.69) is 12.1 Å².